The van der Waals surface area contributed by atoms with Crippen molar-refractivity contribution in [2.45, 2.75) is 0 Å². The summed E-state index contributed by atoms with van der Waals surface area (Å²) in [5.74, 6) is -0.444. The van der Waals surface area contributed by atoms with Gasteiger partial charge in [0.2, 0.25) is 0 Å². The van der Waals surface area contributed by atoms with Crippen LogP contribution in [0.4, 0.5) is 5.13 Å². The number of thiazole rings is 1. The lowest BCUT2D eigenvalue weighted by Crippen LogP contribution is -2.12. The highest BCUT2D eigenvalue weighted by molar-refractivity contribution is 7.14. The van der Waals surface area contributed by atoms with Crippen LogP contribution >= 0.6 is 11.3 Å². The zero-order chi connectivity index (χ0) is 17.2. The summed E-state index contributed by atoms with van der Waals surface area (Å²) >= 11 is 1.33. The average molecular weight is 347 g/mol. The minimum absolute atomic E-state index is 0.0536. The van der Waals surface area contributed by atoms with Crippen molar-refractivity contribution in [2.24, 2.45) is 0 Å². The molecule has 0 atom stereocenters. The maximum absolute atomic E-state index is 12.5. The fourth-order valence-electron chi connectivity index (χ4n) is 2.56. The number of hydrogen-bond donors (Lipinski definition) is 2. The first-order valence-corrected chi connectivity index (χ1v) is 8.48. The molecule has 25 heavy (non-hydrogen) atoms. The molecule has 0 saturated carbocycles. The lowest BCUT2D eigenvalue weighted by Gasteiger charge is -2.06. The van der Waals surface area contributed by atoms with E-state index in [9.17, 15) is 9.90 Å². The fourth-order valence-corrected chi connectivity index (χ4v) is 3.28. The van der Waals surface area contributed by atoms with Crippen LogP contribution in [0.1, 0.15) is 10.4 Å². The molecule has 0 spiro atoms. The summed E-state index contributed by atoms with van der Waals surface area (Å²) in [6, 6.07) is 14.5. The van der Waals surface area contributed by atoms with Crippen LogP contribution in [0.2, 0.25) is 0 Å². The van der Waals surface area contributed by atoms with Gasteiger partial charge >= 0.3 is 0 Å². The van der Waals surface area contributed by atoms with Gasteiger partial charge in [0.25, 0.3) is 5.91 Å². The molecule has 0 saturated heterocycles. The zero-order valence-electron chi connectivity index (χ0n) is 13.0. The van der Waals surface area contributed by atoms with Gasteiger partial charge in [-0.15, -0.1) is 11.3 Å². The van der Waals surface area contributed by atoms with Crippen molar-refractivity contribution in [1.82, 2.24) is 9.97 Å². The van der Waals surface area contributed by atoms with Crippen LogP contribution in [0.15, 0.2) is 66.3 Å². The highest BCUT2D eigenvalue weighted by Gasteiger charge is 2.14. The number of hydrogen-bond acceptors (Lipinski definition) is 5. The van der Waals surface area contributed by atoms with Crippen LogP contribution in [0.5, 0.6) is 5.75 Å². The monoisotopic (exact) mass is 347 g/mol. The molecule has 0 aliphatic rings. The molecule has 0 fully saturated rings. The molecule has 122 valence electrons. The number of rotatable bonds is 3. The maximum Gasteiger partial charge on any atom is 0.261 e. The van der Waals surface area contributed by atoms with Crippen molar-refractivity contribution in [2.75, 3.05) is 5.32 Å². The molecule has 0 aliphatic heterocycles. The van der Waals surface area contributed by atoms with Crippen molar-refractivity contribution in [3.8, 4) is 17.0 Å². The van der Waals surface area contributed by atoms with Gasteiger partial charge in [0.05, 0.1) is 11.3 Å². The summed E-state index contributed by atoms with van der Waals surface area (Å²) in [6.07, 6.45) is 3.39. The topological polar surface area (TPSA) is 75.1 Å². The summed E-state index contributed by atoms with van der Waals surface area (Å²) in [5, 5.41) is 17.0. The number of pyridine rings is 1. The second-order valence-corrected chi connectivity index (χ2v) is 6.30. The predicted molar refractivity (Wildman–Crippen MR) is 98.9 cm³/mol. The molecule has 6 heteroatoms. The lowest BCUT2D eigenvalue weighted by atomic mass is 10.1. The lowest BCUT2D eigenvalue weighted by molar-refractivity contribution is 0.102. The van der Waals surface area contributed by atoms with Gasteiger partial charge in [0, 0.05) is 23.3 Å². The van der Waals surface area contributed by atoms with E-state index in [1.54, 1.807) is 24.5 Å². The Kier molecular flexibility index (Phi) is 3.87. The molecule has 0 bridgehead atoms. The normalized spacial score (nSPS) is 10.7. The van der Waals surface area contributed by atoms with E-state index in [1.807, 2.05) is 41.8 Å². The van der Waals surface area contributed by atoms with Gasteiger partial charge in [-0.05, 0) is 35.0 Å². The van der Waals surface area contributed by atoms with Gasteiger partial charge in [-0.2, -0.15) is 0 Å². The molecule has 2 heterocycles. The first kappa shape index (κ1) is 15.3. The van der Waals surface area contributed by atoms with E-state index >= 15 is 0 Å². The Labute approximate surface area is 147 Å². The van der Waals surface area contributed by atoms with Gasteiger partial charge in [0.1, 0.15) is 5.75 Å². The largest absolute Gasteiger partial charge is 0.507 e. The van der Waals surface area contributed by atoms with Crippen LogP contribution in [0, 0.1) is 0 Å². The number of nitrogens with one attached hydrogen (secondary N) is 1. The van der Waals surface area contributed by atoms with Gasteiger partial charge in [-0.25, -0.2) is 4.98 Å². The molecule has 4 aromatic rings. The number of fused-ring (bicyclic) bond motifs is 1. The van der Waals surface area contributed by atoms with Crippen LogP contribution < -0.4 is 5.32 Å². The van der Waals surface area contributed by atoms with E-state index < -0.39 is 0 Å². The molecule has 0 unspecified atom stereocenters. The molecule has 2 N–H and O–H groups in total. The third-order valence-electron chi connectivity index (χ3n) is 3.81. The number of phenols is 1. The Hall–Kier alpha value is -3.25. The first-order valence-electron chi connectivity index (χ1n) is 7.60. The number of aromatic nitrogens is 2. The van der Waals surface area contributed by atoms with Gasteiger partial charge in [-0.3, -0.25) is 15.1 Å². The zero-order valence-corrected chi connectivity index (χ0v) is 13.8. The summed E-state index contributed by atoms with van der Waals surface area (Å²) < 4.78 is 0. The molecule has 2 aromatic carbocycles. The third-order valence-corrected chi connectivity index (χ3v) is 4.57. The number of amides is 1. The number of aromatic hydroxyl groups is 1. The summed E-state index contributed by atoms with van der Waals surface area (Å²) in [5.41, 5.74) is 1.92. The van der Waals surface area contributed by atoms with Crippen molar-refractivity contribution in [3.05, 3.63) is 71.9 Å². The van der Waals surface area contributed by atoms with Crippen molar-refractivity contribution in [1.29, 1.82) is 0 Å². The Morgan fingerprint density at radius 2 is 1.76 bits per heavy atom. The molecule has 5 nitrogen and oxygen atoms in total. The van der Waals surface area contributed by atoms with Crippen LogP contribution in [0.25, 0.3) is 22.0 Å². The first-order chi connectivity index (χ1) is 12.2. The Morgan fingerprint density at radius 3 is 2.52 bits per heavy atom. The number of carbonyl (C=O) groups is 1. The van der Waals surface area contributed by atoms with E-state index in [-0.39, 0.29) is 17.2 Å². The van der Waals surface area contributed by atoms with E-state index in [2.05, 4.69) is 15.3 Å². The van der Waals surface area contributed by atoms with Crippen molar-refractivity contribution in [3.63, 3.8) is 0 Å². The van der Waals surface area contributed by atoms with E-state index in [0.717, 1.165) is 22.0 Å². The minimum atomic E-state index is -0.390. The molecule has 2 aromatic heterocycles. The quantitative estimate of drug-likeness (QED) is 0.579. The molecule has 0 aliphatic carbocycles. The standard InChI is InChI=1S/C19H13N3O2S/c23-17-10-14-4-2-1-3-13(14)9-15(17)18(24)22-19-21-16(11-25-19)12-5-7-20-8-6-12/h1-11,23H,(H,21,22,24). The third kappa shape index (κ3) is 3.07. The smallest absolute Gasteiger partial charge is 0.261 e. The number of phenolic OH excluding ortho intramolecular Hbond substituents is 1. The van der Waals surface area contributed by atoms with Crippen LogP contribution in [-0.4, -0.2) is 21.0 Å². The highest BCUT2D eigenvalue weighted by atomic mass is 32.1. The minimum Gasteiger partial charge on any atom is -0.507 e. The molecular weight excluding hydrogens is 334 g/mol. The summed E-state index contributed by atoms with van der Waals surface area (Å²) in [7, 11) is 0. The summed E-state index contributed by atoms with van der Waals surface area (Å²) in [4.78, 5) is 20.9. The Balaban J connectivity index is 1.60. The second-order valence-electron chi connectivity index (χ2n) is 5.44. The fraction of sp³-hybridized carbons (Fsp3) is 0. The van der Waals surface area contributed by atoms with E-state index in [4.69, 9.17) is 0 Å². The molecular formula is C19H13N3O2S. The molecule has 1 amide bonds. The van der Waals surface area contributed by atoms with Gasteiger partial charge in [0.15, 0.2) is 5.13 Å². The Morgan fingerprint density at radius 1 is 1.04 bits per heavy atom. The SMILES string of the molecule is O=C(Nc1nc(-c2ccncc2)cs1)c1cc2ccccc2cc1O. The number of anilines is 1. The van der Waals surface area contributed by atoms with E-state index in [1.165, 1.54) is 11.3 Å². The molecule has 0 radical (unpaired) electrons. The van der Waals surface area contributed by atoms with Crippen molar-refractivity contribution < 1.29 is 9.90 Å². The predicted octanol–water partition coefficient (Wildman–Crippen LogP) is 4.32. The Bertz CT molecular complexity index is 1060. The number of benzene rings is 2. The highest BCUT2D eigenvalue weighted by Crippen LogP contribution is 2.28. The average Bonchev–Trinajstić information content (AvgIpc) is 3.10. The molecule has 4 rings (SSSR count). The maximum atomic E-state index is 12.5. The summed E-state index contributed by atoms with van der Waals surface area (Å²) in [6.45, 7) is 0. The van der Waals surface area contributed by atoms with Crippen LogP contribution in [0.3, 0.4) is 0 Å². The number of nitrogens with zero attached hydrogens (tertiary/aromatic N) is 2. The van der Waals surface area contributed by atoms with Gasteiger partial charge in [-0.1, -0.05) is 24.3 Å². The van der Waals surface area contributed by atoms with Crippen molar-refractivity contribution >= 4 is 33.1 Å². The van der Waals surface area contributed by atoms with E-state index in [0.29, 0.717) is 5.13 Å². The number of carbonyl (C=O) groups excluding carboxylic acids is 1. The van der Waals surface area contributed by atoms with Crippen LogP contribution in [-0.2, 0) is 0 Å². The second kappa shape index (κ2) is 6.33. The van der Waals surface area contributed by atoms with Gasteiger partial charge < -0.3 is 5.11 Å².